The van der Waals surface area contributed by atoms with Crippen molar-refractivity contribution in [1.29, 1.82) is 0 Å². The molecule has 0 aliphatic carbocycles. The first-order valence-corrected chi connectivity index (χ1v) is 10.8. The number of fused-ring (bicyclic) bond motifs is 2. The number of carbonyl (C=O) groups is 1. The van der Waals surface area contributed by atoms with Crippen LogP contribution >= 0.6 is 0 Å². The van der Waals surface area contributed by atoms with Crippen LogP contribution in [-0.4, -0.2) is 23.8 Å². The van der Waals surface area contributed by atoms with Gasteiger partial charge >= 0.3 is 0 Å². The van der Waals surface area contributed by atoms with Crippen molar-refractivity contribution in [1.82, 2.24) is 4.57 Å². The summed E-state index contributed by atoms with van der Waals surface area (Å²) in [5.74, 6) is 1.44. The maximum absolute atomic E-state index is 13.4. The van der Waals surface area contributed by atoms with E-state index >= 15 is 0 Å². The van der Waals surface area contributed by atoms with Crippen LogP contribution in [0.4, 0.5) is 0 Å². The number of ketones is 1. The minimum Gasteiger partial charge on any atom is -0.494 e. The monoisotopic (exact) mass is 441 g/mol. The van der Waals surface area contributed by atoms with Gasteiger partial charge in [-0.05, 0) is 49.7 Å². The number of aromatic nitrogens is 1. The molecule has 33 heavy (non-hydrogen) atoms. The molecule has 0 amide bonds. The van der Waals surface area contributed by atoms with E-state index in [9.17, 15) is 9.59 Å². The number of pyridine rings is 1. The Kier molecular flexibility index (Phi) is 5.34. The van der Waals surface area contributed by atoms with Gasteiger partial charge in [-0.15, -0.1) is 0 Å². The molecular weight excluding hydrogens is 418 g/mol. The van der Waals surface area contributed by atoms with E-state index in [0.717, 1.165) is 5.56 Å². The van der Waals surface area contributed by atoms with Gasteiger partial charge in [0.1, 0.15) is 5.75 Å². The molecule has 0 bridgehead atoms. The normalized spacial score (nSPS) is 12.2. The summed E-state index contributed by atoms with van der Waals surface area (Å²) < 4.78 is 18.4. The van der Waals surface area contributed by atoms with E-state index in [-0.39, 0.29) is 23.6 Å². The van der Waals surface area contributed by atoms with Gasteiger partial charge in [-0.25, -0.2) is 0 Å². The van der Waals surface area contributed by atoms with E-state index in [1.807, 2.05) is 42.7 Å². The third-order valence-corrected chi connectivity index (χ3v) is 5.72. The highest BCUT2D eigenvalue weighted by atomic mass is 16.7. The highest BCUT2D eigenvalue weighted by molar-refractivity contribution is 6.10. The molecule has 4 aromatic rings. The Bertz CT molecular complexity index is 1400. The number of ether oxygens (including phenoxy) is 3. The number of nitrogens with zero attached hydrogens (tertiary/aromatic N) is 1. The zero-order valence-electron chi connectivity index (χ0n) is 18.5. The zero-order valence-corrected chi connectivity index (χ0v) is 18.5. The second-order valence-electron chi connectivity index (χ2n) is 7.99. The molecule has 0 radical (unpaired) electrons. The predicted octanol–water partition coefficient (Wildman–Crippen LogP) is 4.72. The predicted molar refractivity (Wildman–Crippen MR) is 126 cm³/mol. The molecule has 6 nitrogen and oxygen atoms in total. The smallest absolute Gasteiger partial charge is 0.231 e. The lowest BCUT2D eigenvalue weighted by Gasteiger charge is -2.14. The Morgan fingerprint density at radius 3 is 2.39 bits per heavy atom. The standard InChI is InChI=1S/C27H23NO5/c1-3-31-20-10-8-19(9-11-20)26(29)22-15-28(14-18-6-4-17(2)5-7-18)23-13-25-24(32-16-33-25)12-21(23)27(22)30/h4-13,15H,3,14,16H2,1-2H3. The first kappa shape index (κ1) is 20.8. The second-order valence-corrected chi connectivity index (χ2v) is 7.99. The first-order valence-electron chi connectivity index (χ1n) is 10.8. The molecule has 0 N–H and O–H groups in total. The van der Waals surface area contributed by atoms with Gasteiger partial charge < -0.3 is 18.8 Å². The zero-order chi connectivity index (χ0) is 22.9. The Hall–Kier alpha value is -4.06. The molecule has 0 saturated heterocycles. The van der Waals surface area contributed by atoms with Crippen LogP contribution in [0.25, 0.3) is 10.9 Å². The maximum atomic E-state index is 13.4. The van der Waals surface area contributed by atoms with Crippen LogP contribution in [-0.2, 0) is 6.54 Å². The van der Waals surface area contributed by atoms with Crippen LogP contribution < -0.4 is 19.6 Å². The Balaban J connectivity index is 1.64. The molecule has 166 valence electrons. The lowest BCUT2D eigenvalue weighted by molar-refractivity contribution is 0.103. The van der Waals surface area contributed by atoms with E-state index in [2.05, 4.69) is 0 Å². The van der Waals surface area contributed by atoms with Crippen molar-refractivity contribution in [2.45, 2.75) is 20.4 Å². The second kappa shape index (κ2) is 8.47. The largest absolute Gasteiger partial charge is 0.494 e. The fourth-order valence-corrected chi connectivity index (χ4v) is 3.99. The summed E-state index contributed by atoms with van der Waals surface area (Å²) in [4.78, 5) is 26.8. The number of hydrogen-bond acceptors (Lipinski definition) is 5. The molecule has 1 aliphatic rings. The molecule has 1 aliphatic heterocycles. The van der Waals surface area contributed by atoms with Crippen LogP contribution in [0.15, 0.2) is 71.7 Å². The number of carbonyl (C=O) groups excluding carboxylic acids is 1. The highest BCUT2D eigenvalue weighted by Gasteiger charge is 2.22. The lowest BCUT2D eigenvalue weighted by Crippen LogP contribution is -2.20. The highest BCUT2D eigenvalue weighted by Crippen LogP contribution is 2.35. The van der Waals surface area contributed by atoms with Crippen molar-refractivity contribution in [3.8, 4) is 17.2 Å². The fraction of sp³-hybridized carbons (Fsp3) is 0.185. The Morgan fingerprint density at radius 1 is 1.00 bits per heavy atom. The fourth-order valence-electron chi connectivity index (χ4n) is 3.99. The summed E-state index contributed by atoms with van der Waals surface area (Å²) in [5.41, 5.74) is 3.12. The summed E-state index contributed by atoms with van der Waals surface area (Å²) in [5, 5.41) is 0.420. The van der Waals surface area contributed by atoms with Gasteiger partial charge in [0.15, 0.2) is 17.3 Å². The summed E-state index contributed by atoms with van der Waals surface area (Å²) >= 11 is 0. The maximum Gasteiger partial charge on any atom is 0.231 e. The summed E-state index contributed by atoms with van der Waals surface area (Å²) in [6, 6.07) is 18.5. The van der Waals surface area contributed by atoms with Crippen molar-refractivity contribution in [3.05, 3.63) is 99.3 Å². The lowest BCUT2D eigenvalue weighted by atomic mass is 10.0. The molecule has 0 atom stereocenters. The molecule has 0 fully saturated rings. The van der Waals surface area contributed by atoms with Crippen molar-refractivity contribution < 1.29 is 19.0 Å². The summed E-state index contributed by atoms with van der Waals surface area (Å²) in [7, 11) is 0. The van der Waals surface area contributed by atoms with E-state index in [1.54, 1.807) is 42.6 Å². The average molecular weight is 441 g/mol. The van der Waals surface area contributed by atoms with Crippen LogP contribution in [0.2, 0.25) is 0 Å². The third-order valence-electron chi connectivity index (χ3n) is 5.72. The van der Waals surface area contributed by atoms with Gasteiger partial charge in [0.2, 0.25) is 12.2 Å². The van der Waals surface area contributed by atoms with Gasteiger partial charge in [-0.3, -0.25) is 9.59 Å². The molecule has 1 aromatic heterocycles. The molecule has 0 unspecified atom stereocenters. The van der Waals surface area contributed by atoms with Gasteiger partial charge in [-0.2, -0.15) is 0 Å². The summed E-state index contributed by atoms with van der Waals surface area (Å²) in [6.45, 7) is 5.08. The van der Waals surface area contributed by atoms with Gasteiger partial charge in [0.25, 0.3) is 0 Å². The van der Waals surface area contributed by atoms with Crippen molar-refractivity contribution in [2.24, 2.45) is 0 Å². The van der Waals surface area contributed by atoms with Gasteiger partial charge in [0, 0.05) is 24.4 Å². The topological polar surface area (TPSA) is 66.8 Å². The quantitative estimate of drug-likeness (QED) is 0.405. The van der Waals surface area contributed by atoms with Gasteiger partial charge in [0.05, 0.1) is 23.1 Å². The minimum absolute atomic E-state index is 0.107. The molecular formula is C27H23NO5. The molecule has 6 heteroatoms. The van der Waals surface area contributed by atoms with E-state index < -0.39 is 0 Å². The Labute approximate surface area is 191 Å². The molecule has 3 aromatic carbocycles. The SMILES string of the molecule is CCOc1ccc(C(=O)c2cn(Cc3ccc(C)cc3)c3cc4c(cc3c2=O)OCO4)cc1. The van der Waals surface area contributed by atoms with Crippen molar-refractivity contribution in [3.63, 3.8) is 0 Å². The molecule has 0 saturated carbocycles. The van der Waals surface area contributed by atoms with Gasteiger partial charge in [-0.1, -0.05) is 29.8 Å². The minimum atomic E-state index is -0.333. The van der Waals surface area contributed by atoms with Crippen molar-refractivity contribution in [2.75, 3.05) is 13.4 Å². The van der Waals surface area contributed by atoms with Crippen LogP contribution in [0.1, 0.15) is 34.0 Å². The number of rotatable bonds is 6. The Morgan fingerprint density at radius 2 is 1.70 bits per heavy atom. The number of benzene rings is 3. The van der Waals surface area contributed by atoms with Crippen LogP contribution in [0, 0.1) is 6.92 Å². The first-order chi connectivity index (χ1) is 16.0. The summed E-state index contributed by atoms with van der Waals surface area (Å²) in [6.07, 6.45) is 1.64. The van der Waals surface area contributed by atoms with E-state index in [0.29, 0.717) is 46.9 Å². The third kappa shape index (κ3) is 3.96. The number of hydrogen-bond donors (Lipinski definition) is 0. The molecule has 2 heterocycles. The van der Waals surface area contributed by atoms with Crippen LogP contribution in [0.5, 0.6) is 17.2 Å². The van der Waals surface area contributed by atoms with Crippen LogP contribution in [0.3, 0.4) is 0 Å². The van der Waals surface area contributed by atoms with E-state index in [1.165, 1.54) is 5.56 Å². The van der Waals surface area contributed by atoms with E-state index in [4.69, 9.17) is 14.2 Å². The van der Waals surface area contributed by atoms with Crippen molar-refractivity contribution >= 4 is 16.7 Å². The average Bonchev–Trinajstić information content (AvgIpc) is 3.29. The molecule has 5 rings (SSSR count). The number of aryl methyl sites for hydroxylation is 1. The molecule has 0 spiro atoms.